The molecule has 0 amide bonds. The highest BCUT2D eigenvalue weighted by Crippen LogP contribution is 2.07. The Bertz CT molecular complexity index is 604. The van der Waals surface area contributed by atoms with Gasteiger partial charge in [0.1, 0.15) is 0 Å². The average Bonchev–Trinajstić information content (AvgIpc) is 2.56. The fraction of sp³-hybridized carbons (Fsp3) is 0.632. The van der Waals surface area contributed by atoms with Crippen LogP contribution in [0.25, 0.3) is 0 Å². The first-order valence-corrected chi connectivity index (χ1v) is 10.9. The quantitative estimate of drug-likeness (QED) is 0.213. The van der Waals surface area contributed by atoms with Crippen molar-refractivity contribution in [3.05, 3.63) is 35.9 Å². The highest BCUT2D eigenvalue weighted by molar-refractivity contribution is 14.0. The highest BCUT2D eigenvalue weighted by Gasteiger charge is 2.11. The molecule has 2 N–H and O–H groups in total. The van der Waals surface area contributed by atoms with Gasteiger partial charge < -0.3 is 10.6 Å². The van der Waals surface area contributed by atoms with E-state index in [1.54, 1.807) is 7.05 Å². The number of rotatable bonds is 11. The van der Waals surface area contributed by atoms with Crippen molar-refractivity contribution in [2.45, 2.75) is 45.3 Å². The van der Waals surface area contributed by atoms with Crippen LogP contribution >= 0.6 is 24.0 Å². The molecule has 1 aromatic carbocycles. The third kappa shape index (κ3) is 12.5. The van der Waals surface area contributed by atoms with Gasteiger partial charge in [-0.25, -0.2) is 8.42 Å². The van der Waals surface area contributed by atoms with Gasteiger partial charge in [-0.1, -0.05) is 57.0 Å². The maximum atomic E-state index is 12.1. The van der Waals surface area contributed by atoms with E-state index in [9.17, 15) is 8.42 Å². The van der Waals surface area contributed by atoms with Crippen LogP contribution in [0.15, 0.2) is 35.3 Å². The third-order valence-corrected chi connectivity index (χ3v) is 5.56. The molecule has 0 atom stereocenters. The van der Waals surface area contributed by atoms with Crippen molar-refractivity contribution in [3.8, 4) is 0 Å². The van der Waals surface area contributed by atoms with Crippen molar-refractivity contribution in [1.29, 1.82) is 0 Å². The minimum Gasteiger partial charge on any atom is -0.356 e. The van der Waals surface area contributed by atoms with Gasteiger partial charge in [-0.3, -0.25) is 4.99 Å². The molecule has 1 aromatic rings. The SMILES string of the molecule is CN=C(NCCCCC(C)C)NCCCS(=O)(=O)Cc1ccccc1.I. The summed E-state index contributed by atoms with van der Waals surface area (Å²) in [5.41, 5.74) is 0.842. The maximum Gasteiger partial charge on any atom is 0.190 e. The number of halogens is 1. The number of nitrogens with one attached hydrogen (secondary N) is 2. The summed E-state index contributed by atoms with van der Waals surface area (Å²) in [6.07, 6.45) is 4.14. The molecule has 0 saturated carbocycles. The zero-order valence-electron chi connectivity index (χ0n) is 16.2. The Balaban J connectivity index is 0.00000625. The van der Waals surface area contributed by atoms with Gasteiger partial charge in [-0.15, -0.1) is 24.0 Å². The average molecular weight is 495 g/mol. The summed E-state index contributed by atoms with van der Waals surface area (Å²) >= 11 is 0. The third-order valence-electron chi connectivity index (χ3n) is 3.88. The topological polar surface area (TPSA) is 70.6 Å². The zero-order valence-corrected chi connectivity index (χ0v) is 19.3. The first-order chi connectivity index (χ1) is 11.9. The summed E-state index contributed by atoms with van der Waals surface area (Å²) < 4.78 is 24.3. The number of hydrogen-bond acceptors (Lipinski definition) is 3. The molecule has 0 aromatic heterocycles. The molecule has 0 unspecified atom stereocenters. The number of nitrogens with zero attached hydrogens (tertiary/aromatic N) is 1. The van der Waals surface area contributed by atoms with E-state index in [0.29, 0.717) is 13.0 Å². The van der Waals surface area contributed by atoms with Crippen LogP contribution in [0.1, 0.15) is 45.1 Å². The van der Waals surface area contributed by atoms with Gasteiger partial charge in [-0.05, 0) is 24.3 Å². The number of benzene rings is 1. The lowest BCUT2D eigenvalue weighted by Gasteiger charge is -2.12. The van der Waals surface area contributed by atoms with E-state index in [-0.39, 0.29) is 35.5 Å². The van der Waals surface area contributed by atoms with Crippen LogP contribution < -0.4 is 10.6 Å². The molecule has 0 aliphatic carbocycles. The van der Waals surface area contributed by atoms with Crippen molar-refractivity contribution >= 4 is 39.8 Å². The molecule has 0 saturated heterocycles. The van der Waals surface area contributed by atoms with E-state index in [0.717, 1.165) is 30.4 Å². The fourth-order valence-corrected chi connectivity index (χ4v) is 3.93. The molecule has 0 aliphatic heterocycles. The first kappa shape index (κ1) is 25.2. The van der Waals surface area contributed by atoms with Crippen LogP contribution in [-0.4, -0.2) is 40.3 Å². The second-order valence-corrected chi connectivity index (χ2v) is 8.93. The molecular formula is C19H34IN3O2S. The van der Waals surface area contributed by atoms with E-state index in [2.05, 4.69) is 29.5 Å². The van der Waals surface area contributed by atoms with Crippen molar-refractivity contribution in [2.24, 2.45) is 10.9 Å². The molecule has 7 heteroatoms. The molecule has 26 heavy (non-hydrogen) atoms. The summed E-state index contributed by atoms with van der Waals surface area (Å²) in [5.74, 6) is 1.78. The van der Waals surface area contributed by atoms with Gasteiger partial charge in [-0.2, -0.15) is 0 Å². The van der Waals surface area contributed by atoms with Crippen molar-refractivity contribution in [3.63, 3.8) is 0 Å². The summed E-state index contributed by atoms with van der Waals surface area (Å²) in [6, 6.07) is 9.32. The molecular weight excluding hydrogens is 461 g/mol. The molecule has 0 fully saturated rings. The number of unbranched alkanes of at least 4 members (excludes halogenated alkanes) is 1. The van der Waals surface area contributed by atoms with Gasteiger partial charge in [0, 0.05) is 20.1 Å². The van der Waals surface area contributed by atoms with Gasteiger partial charge in [0.05, 0.1) is 11.5 Å². The molecule has 0 bridgehead atoms. The minimum absolute atomic E-state index is 0. The molecule has 150 valence electrons. The zero-order chi connectivity index (χ0) is 18.5. The van der Waals surface area contributed by atoms with Crippen LogP contribution in [0.3, 0.4) is 0 Å². The summed E-state index contributed by atoms with van der Waals surface area (Å²) in [6.45, 7) is 5.96. The predicted molar refractivity (Wildman–Crippen MR) is 122 cm³/mol. The summed E-state index contributed by atoms with van der Waals surface area (Å²) in [4.78, 5) is 4.17. The van der Waals surface area contributed by atoms with Crippen LogP contribution in [0, 0.1) is 5.92 Å². The Morgan fingerprint density at radius 1 is 1.04 bits per heavy atom. The minimum atomic E-state index is -3.07. The number of aliphatic imine (C=N–C) groups is 1. The van der Waals surface area contributed by atoms with Crippen LogP contribution in [0.2, 0.25) is 0 Å². The lowest BCUT2D eigenvalue weighted by atomic mass is 10.1. The fourth-order valence-electron chi connectivity index (χ4n) is 2.50. The van der Waals surface area contributed by atoms with E-state index in [1.165, 1.54) is 12.8 Å². The predicted octanol–water partition coefficient (Wildman–Crippen LogP) is 3.60. The van der Waals surface area contributed by atoms with E-state index in [4.69, 9.17) is 0 Å². The molecule has 0 radical (unpaired) electrons. The van der Waals surface area contributed by atoms with Gasteiger partial charge in [0.15, 0.2) is 15.8 Å². The van der Waals surface area contributed by atoms with Crippen LogP contribution in [0.4, 0.5) is 0 Å². The van der Waals surface area contributed by atoms with Gasteiger partial charge >= 0.3 is 0 Å². The molecule has 5 nitrogen and oxygen atoms in total. The number of guanidine groups is 1. The lowest BCUT2D eigenvalue weighted by Crippen LogP contribution is -2.38. The van der Waals surface area contributed by atoms with E-state index in [1.807, 2.05) is 30.3 Å². The Hall–Kier alpha value is -0.830. The van der Waals surface area contributed by atoms with Crippen molar-refractivity contribution in [1.82, 2.24) is 10.6 Å². The Labute approximate surface area is 176 Å². The number of sulfone groups is 1. The second-order valence-electron chi connectivity index (χ2n) is 6.75. The van der Waals surface area contributed by atoms with Crippen LogP contribution in [0.5, 0.6) is 0 Å². The summed E-state index contributed by atoms with van der Waals surface area (Å²) in [5, 5.41) is 6.45. The normalized spacial score (nSPS) is 11.9. The molecule has 0 heterocycles. The Morgan fingerprint density at radius 2 is 1.65 bits per heavy atom. The summed E-state index contributed by atoms with van der Waals surface area (Å²) in [7, 11) is -1.34. The largest absolute Gasteiger partial charge is 0.356 e. The van der Waals surface area contributed by atoms with Crippen molar-refractivity contribution in [2.75, 3.05) is 25.9 Å². The van der Waals surface area contributed by atoms with Crippen LogP contribution in [-0.2, 0) is 15.6 Å². The van der Waals surface area contributed by atoms with Crippen molar-refractivity contribution < 1.29 is 8.42 Å². The first-order valence-electron chi connectivity index (χ1n) is 9.12. The second kappa shape index (κ2) is 14.3. The monoisotopic (exact) mass is 495 g/mol. The molecule has 0 spiro atoms. The standard InChI is InChI=1S/C19H33N3O2S.HI/c1-17(2)10-7-8-13-21-19(20-3)22-14-9-15-25(23,24)16-18-11-5-4-6-12-18;/h4-6,11-12,17H,7-10,13-16H2,1-3H3,(H2,20,21,22);1H. The smallest absolute Gasteiger partial charge is 0.190 e. The van der Waals surface area contributed by atoms with Gasteiger partial charge in [0.2, 0.25) is 0 Å². The maximum absolute atomic E-state index is 12.1. The van der Waals surface area contributed by atoms with E-state index < -0.39 is 9.84 Å². The Morgan fingerprint density at radius 3 is 2.23 bits per heavy atom. The Kier molecular flexibility index (Phi) is 13.8. The molecule has 1 rings (SSSR count). The molecule has 0 aliphatic rings. The number of hydrogen-bond donors (Lipinski definition) is 2. The van der Waals surface area contributed by atoms with Gasteiger partial charge in [0.25, 0.3) is 0 Å². The highest BCUT2D eigenvalue weighted by atomic mass is 127. The van der Waals surface area contributed by atoms with E-state index >= 15 is 0 Å². The lowest BCUT2D eigenvalue weighted by molar-refractivity contribution is 0.534.